The first-order chi connectivity index (χ1) is 9.70. The molecule has 20 heavy (non-hydrogen) atoms. The van der Waals surface area contributed by atoms with Crippen molar-refractivity contribution in [2.75, 3.05) is 12.4 Å². The molecule has 1 aliphatic rings. The highest BCUT2D eigenvalue weighted by Gasteiger charge is 2.26. The molecule has 2 unspecified atom stereocenters. The average Bonchev–Trinajstić information content (AvgIpc) is 2.96. The lowest BCUT2D eigenvalue weighted by Crippen LogP contribution is -2.39. The Morgan fingerprint density at radius 2 is 2.25 bits per heavy atom. The zero-order chi connectivity index (χ0) is 14.4. The summed E-state index contributed by atoms with van der Waals surface area (Å²) in [5, 5.41) is 12.7. The first kappa shape index (κ1) is 15.1. The summed E-state index contributed by atoms with van der Waals surface area (Å²) in [5.74, 6) is 0.678. The van der Waals surface area contributed by atoms with Crippen LogP contribution in [0.5, 0.6) is 0 Å². The zero-order valence-corrected chi connectivity index (χ0v) is 12.4. The lowest BCUT2D eigenvalue weighted by atomic mass is 10.2. The number of nitrogens with zero attached hydrogens (tertiary/aromatic N) is 1. The lowest BCUT2D eigenvalue weighted by Gasteiger charge is -2.14. The highest BCUT2D eigenvalue weighted by Crippen LogP contribution is 2.23. The van der Waals surface area contributed by atoms with Crippen LogP contribution in [0.15, 0.2) is 35.3 Å². The molecule has 0 fully saturated rings. The maximum Gasteiger partial charge on any atom is 0.245 e. The number of benzene rings is 1. The smallest absolute Gasteiger partial charge is 0.245 e. The minimum Gasteiger partial charge on any atom is -0.396 e. The van der Waals surface area contributed by atoms with Gasteiger partial charge in [-0.2, -0.15) is 0 Å². The molecule has 0 saturated heterocycles. The Hall–Kier alpha value is -1.33. The predicted molar refractivity (Wildman–Crippen MR) is 83.1 cm³/mol. The van der Waals surface area contributed by atoms with Crippen LogP contribution in [0.2, 0.25) is 0 Å². The third-order valence-corrected chi connectivity index (χ3v) is 4.26. The van der Waals surface area contributed by atoms with Gasteiger partial charge in [-0.1, -0.05) is 30.3 Å². The standard InChI is InChI=1S/C15H20N2O2S/c1-11(6-5-9-18)16-14(19)13-10-20-15(17-13)12-7-3-2-4-8-12/h2-4,7-8,11,13,18H,5-6,9-10H2,1H3,(H,16,19). The molecule has 0 aromatic heterocycles. The molecule has 1 amide bonds. The normalized spacial score (nSPS) is 19.5. The van der Waals surface area contributed by atoms with Crippen LogP contribution in [0.3, 0.4) is 0 Å². The topological polar surface area (TPSA) is 61.7 Å². The van der Waals surface area contributed by atoms with Crippen molar-refractivity contribution in [2.45, 2.75) is 31.8 Å². The van der Waals surface area contributed by atoms with Gasteiger partial charge in [0.2, 0.25) is 5.91 Å². The van der Waals surface area contributed by atoms with Gasteiger partial charge in [-0.15, -0.1) is 11.8 Å². The second kappa shape index (κ2) is 7.45. The first-order valence-electron chi connectivity index (χ1n) is 6.88. The SMILES string of the molecule is CC(CCCO)NC(=O)C1CSC(c2ccccc2)=N1. The summed E-state index contributed by atoms with van der Waals surface area (Å²) in [5.41, 5.74) is 1.07. The van der Waals surface area contributed by atoms with E-state index < -0.39 is 0 Å². The van der Waals surface area contributed by atoms with Gasteiger partial charge in [0.05, 0.1) is 5.04 Å². The zero-order valence-electron chi connectivity index (χ0n) is 11.6. The predicted octanol–water partition coefficient (Wildman–Crippen LogP) is 1.83. The third kappa shape index (κ3) is 4.08. The van der Waals surface area contributed by atoms with E-state index in [1.54, 1.807) is 11.8 Å². The van der Waals surface area contributed by atoms with E-state index >= 15 is 0 Å². The minimum absolute atomic E-state index is 0.0196. The van der Waals surface area contributed by atoms with Crippen LogP contribution in [-0.2, 0) is 4.79 Å². The summed E-state index contributed by atoms with van der Waals surface area (Å²) in [4.78, 5) is 16.6. The summed E-state index contributed by atoms with van der Waals surface area (Å²) in [7, 11) is 0. The van der Waals surface area contributed by atoms with Crippen molar-refractivity contribution < 1.29 is 9.90 Å². The summed E-state index contributed by atoms with van der Waals surface area (Å²) in [6.07, 6.45) is 1.50. The second-order valence-electron chi connectivity index (χ2n) is 4.90. The molecule has 5 heteroatoms. The number of carbonyl (C=O) groups excluding carboxylic acids is 1. The molecule has 1 aliphatic heterocycles. The number of nitrogens with one attached hydrogen (secondary N) is 1. The molecule has 0 spiro atoms. The maximum absolute atomic E-state index is 12.1. The summed E-state index contributed by atoms with van der Waals surface area (Å²) >= 11 is 1.63. The molecule has 2 atom stereocenters. The molecule has 1 heterocycles. The number of amides is 1. The second-order valence-corrected chi connectivity index (χ2v) is 5.91. The van der Waals surface area contributed by atoms with Gasteiger partial charge in [0, 0.05) is 24.0 Å². The van der Waals surface area contributed by atoms with E-state index in [1.165, 1.54) is 0 Å². The van der Waals surface area contributed by atoms with E-state index in [-0.39, 0.29) is 24.6 Å². The van der Waals surface area contributed by atoms with Gasteiger partial charge < -0.3 is 10.4 Å². The number of aliphatic hydroxyl groups excluding tert-OH is 1. The van der Waals surface area contributed by atoms with E-state index in [1.807, 2.05) is 37.3 Å². The van der Waals surface area contributed by atoms with Gasteiger partial charge in [-0.25, -0.2) is 0 Å². The Morgan fingerprint density at radius 1 is 1.50 bits per heavy atom. The first-order valence-corrected chi connectivity index (χ1v) is 7.86. The molecule has 1 aromatic carbocycles. The Labute approximate surface area is 123 Å². The van der Waals surface area contributed by atoms with Crippen LogP contribution >= 0.6 is 11.8 Å². The van der Waals surface area contributed by atoms with Crippen molar-refractivity contribution in [3.8, 4) is 0 Å². The monoisotopic (exact) mass is 292 g/mol. The quantitative estimate of drug-likeness (QED) is 0.841. The number of carbonyl (C=O) groups is 1. The van der Waals surface area contributed by atoms with E-state index in [2.05, 4.69) is 10.3 Å². The van der Waals surface area contributed by atoms with Gasteiger partial charge in [-0.3, -0.25) is 9.79 Å². The van der Waals surface area contributed by atoms with E-state index in [0.29, 0.717) is 12.2 Å². The fourth-order valence-electron chi connectivity index (χ4n) is 2.06. The van der Waals surface area contributed by atoms with Crippen molar-refractivity contribution in [1.29, 1.82) is 0 Å². The van der Waals surface area contributed by atoms with Crippen molar-refractivity contribution in [3.63, 3.8) is 0 Å². The van der Waals surface area contributed by atoms with Gasteiger partial charge in [0.25, 0.3) is 0 Å². The van der Waals surface area contributed by atoms with Gasteiger partial charge >= 0.3 is 0 Å². The molecular formula is C15H20N2O2S. The molecule has 0 bridgehead atoms. The fraction of sp³-hybridized carbons (Fsp3) is 0.467. The molecule has 0 aliphatic carbocycles. The highest BCUT2D eigenvalue weighted by atomic mass is 32.2. The van der Waals surface area contributed by atoms with Crippen LogP contribution < -0.4 is 5.32 Å². The third-order valence-electron chi connectivity index (χ3n) is 3.16. The maximum atomic E-state index is 12.1. The average molecular weight is 292 g/mol. The number of aliphatic hydroxyl groups is 1. The molecule has 2 rings (SSSR count). The number of hydrogen-bond donors (Lipinski definition) is 2. The Bertz CT molecular complexity index is 476. The number of hydrogen-bond acceptors (Lipinski definition) is 4. The number of thioether (sulfide) groups is 1. The van der Waals surface area contributed by atoms with Crippen LogP contribution in [0.1, 0.15) is 25.3 Å². The van der Waals surface area contributed by atoms with Crippen molar-refractivity contribution in [2.24, 2.45) is 4.99 Å². The number of rotatable bonds is 6. The molecular weight excluding hydrogens is 272 g/mol. The summed E-state index contributed by atoms with van der Waals surface area (Å²) in [6, 6.07) is 9.72. The van der Waals surface area contributed by atoms with Crippen molar-refractivity contribution in [1.82, 2.24) is 5.32 Å². The Balaban J connectivity index is 1.91. The molecule has 0 saturated carbocycles. The lowest BCUT2D eigenvalue weighted by molar-refractivity contribution is -0.122. The molecule has 2 N–H and O–H groups in total. The summed E-state index contributed by atoms with van der Waals surface area (Å²) in [6.45, 7) is 2.12. The Morgan fingerprint density at radius 3 is 2.95 bits per heavy atom. The number of aliphatic imine (C=N–C) groups is 1. The van der Waals surface area contributed by atoms with Gasteiger partial charge in [0.15, 0.2) is 0 Å². The van der Waals surface area contributed by atoms with Gasteiger partial charge in [0.1, 0.15) is 6.04 Å². The highest BCUT2D eigenvalue weighted by molar-refractivity contribution is 8.14. The van der Waals surface area contributed by atoms with Crippen molar-refractivity contribution >= 4 is 22.7 Å². The summed E-state index contributed by atoms with van der Waals surface area (Å²) < 4.78 is 0. The van der Waals surface area contributed by atoms with E-state index in [9.17, 15) is 4.79 Å². The van der Waals surface area contributed by atoms with Crippen LogP contribution in [0, 0.1) is 0 Å². The van der Waals surface area contributed by atoms with Crippen molar-refractivity contribution in [3.05, 3.63) is 35.9 Å². The molecule has 1 aromatic rings. The molecule has 0 radical (unpaired) electrons. The van der Waals surface area contributed by atoms with Crippen LogP contribution in [-0.4, -0.2) is 40.5 Å². The molecule has 4 nitrogen and oxygen atoms in total. The van der Waals surface area contributed by atoms with Gasteiger partial charge in [-0.05, 0) is 19.8 Å². The fourth-order valence-corrected chi connectivity index (χ4v) is 3.10. The largest absolute Gasteiger partial charge is 0.396 e. The Kier molecular flexibility index (Phi) is 5.61. The van der Waals surface area contributed by atoms with E-state index in [0.717, 1.165) is 17.0 Å². The minimum atomic E-state index is -0.299. The molecule has 108 valence electrons. The van der Waals surface area contributed by atoms with E-state index in [4.69, 9.17) is 5.11 Å². The van der Waals surface area contributed by atoms with Crippen LogP contribution in [0.4, 0.5) is 0 Å². The van der Waals surface area contributed by atoms with Crippen LogP contribution in [0.25, 0.3) is 0 Å².